The third-order valence-electron chi connectivity index (χ3n) is 2.50. The molecule has 80 valence electrons. The second-order valence-corrected chi connectivity index (χ2v) is 4.42. The molecule has 16 heavy (non-hydrogen) atoms. The molecule has 2 aromatic rings. The number of rotatable bonds is 0. The lowest BCUT2D eigenvalue weighted by atomic mass is 10.2. The van der Waals surface area contributed by atoms with Gasteiger partial charge >= 0.3 is 0 Å². The third-order valence-corrected chi connectivity index (χ3v) is 3.12. The Labute approximate surface area is 101 Å². The highest BCUT2D eigenvalue weighted by Gasteiger charge is 2.19. The van der Waals surface area contributed by atoms with E-state index >= 15 is 0 Å². The smallest absolute Gasteiger partial charge is 0.165 e. The molecule has 0 fully saturated rings. The molecule has 0 atom stereocenters. The van der Waals surface area contributed by atoms with Crippen LogP contribution in [0.1, 0.15) is 0 Å². The van der Waals surface area contributed by atoms with Crippen molar-refractivity contribution in [1.82, 2.24) is 0 Å². The molecule has 0 saturated carbocycles. The maximum atomic E-state index is 5.88. The number of hydrogen-bond donors (Lipinski definition) is 2. The summed E-state index contributed by atoms with van der Waals surface area (Å²) in [6.07, 6.45) is 0. The van der Waals surface area contributed by atoms with Gasteiger partial charge in [0.1, 0.15) is 5.69 Å². The Bertz CT molecular complexity index is 517. The average Bonchev–Trinajstić information content (AvgIpc) is 2.29. The van der Waals surface area contributed by atoms with Gasteiger partial charge in [-0.25, -0.2) is 0 Å². The maximum absolute atomic E-state index is 5.88. The highest BCUT2D eigenvalue weighted by molar-refractivity contribution is 9.10. The third kappa shape index (κ3) is 1.34. The van der Waals surface area contributed by atoms with E-state index in [-0.39, 0.29) is 0 Å². The van der Waals surface area contributed by atoms with Gasteiger partial charge < -0.3 is 15.8 Å². The van der Waals surface area contributed by atoms with Crippen molar-refractivity contribution < 1.29 is 4.74 Å². The van der Waals surface area contributed by atoms with Crippen molar-refractivity contribution in [3.63, 3.8) is 0 Å². The van der Waals surface area contributed by atoms with Crippen molar-refractivity contribution in [3.8, 4) is 11.5 Å². The van der Waals surface area contributed by atoms with Crippen LogP contribution in [0, 0.1) is 0 Å². The molecule has 1 aliphatic rings. The molecule has 0 amide bonds. The molecular weight excluding hydrogens is 268 g/mol. The fourth-order valence-corrected chi connectivity index (χ4v) is 2.17. The van der Waals surface area contributed by atoms with Gasteiger partial charge in [0.05, 0.1) is 15.8 Å². The SMILES string of the molecule is Nc1cccc2c1Nc1cccc(Br)c1O2. The molecule has 0 saturated heterocycles. The van der Waals surface area contributed by atoms with Gasteiger partial charge in [0.2, 0.25) is 0 Å². The molecule has 0 spiro atoms. The number of nitrogen functional groups attached to an aromatic ring is 1. The molecule has 4 heteroatoms. The fourth-order valence-electron chi connectivity index (χ4n) is 1.72. The number of hydrogen-bond acceptors (Lipinski definition) is 3. The van der Waals surface area contributed by atoms with E-state index in [0.29, 0.717) is 5.69 Å². The number of anilines is 3. The van der Waals surface area contributed by atoms with E-state index < -0.39 is 0 Å². The van der Waals surface area contributed by atoms with Crippen molar-refractivity contribution in [2.24, 2.45) is 0 Å². The standard InChI is InChI=1S/C12H9BrN2O/c13-7-3-1-5-9-12(7)16-10-6-2-4-8(14)11(10)15-9/h1-6,15H,14H2. The number of nitrogens with one attached hydrogen (secondary N) is 1. The van der Waals surface area contributed by atoms with Gasteiger partial charge in [0.25, 0.3) is 0 Å². The van der Waals surface area contributed by atoms with Crippen LogP contribution in [-0.2, 0) is 0 Å². The number of para-hydroxylation sites is 2. The van der Waals surface area contributed by atoms with Gasteiger partial charge in [0.15, 0.2) is 11.5 Å². The van der Waals surface area contributed by atoms with E-state index in [9.17, 15) is 0 Å². The molecule has 0 radical (unpaired) electrons. The largest absolute Gasteiger partial charge is 0.452 e. The van der Waals surface area contributed by atoms with Gasteiger partial charge in [0, 0.05) is 0 Å². The van der Waals surface area contributed by atoms with Gasteiger partial charge in [-0.1, -0.05) is 12.1 Å². The summed E-state index contributed by atoms with van der Waals surface area (Å²) in [6.45, 7) is 0. The Hall–Kier alpha value is -1.68. The van der Waals surface area contributed by atoms with Gasteiger partial charge in [-0.15, -0.1) is 0 Å². The number of fused-ring (bicyclic) bond motifs is 2. The summed E-state index contributed by atoms with van der Waals surface area (Å²) in [5.74, 6) is 1.54. The lowest BCUT2D eigenvalue weighted by Crippen LogP contribution is -2.05. The summed E-state index contributed by atoms with van der Waals surface area (Å²) >= 11 is 3.46. The first-order valence-electron chi connectivity index (χ1n) is 4.87. The van der Waals surface area contributed by atoms with E-state index in [1.54, 1.807) is 0 Å². The van der Waals surface area contributed by atoms with Gasteiger partial charge in [-0.05, 0) is 40.2 Å². The summed E-state index contributed by atoms with van der Waals surface area (Å²) in [4.78, 5) is 0. The van der Waals surface area contributed by atoms with Gasteiger partial charge in [-0.2, -0.15) is 0 Å². The normalized spacial score (nSPS) is 12.1. The predicted octanol–water partition coefficient (Wildman–Crippen LogP) is 3.88. The Morgan fingerprint density at radius 3 is 2.81 bits per heavy atom. The van der Waals surface area contributed by atoms with Crippen LogP contribution in [0.15, 0.2) is 40.9 Å². The molecule has 1 heterocycles. The van der Waals surface area contributed by atoms with Crippen LogP contribution in [0.25, 0.3) is 0 Å². The predicted molar refractivity (Wildman–Crippen MR) is 68.4 cm³/mol. The highest BCUT2D eigenvalue weighted by atomic mass is 79.9. The number of benzene rings is 2. The van der Waals surface area contributed by atoms with E-state index in [4.69, 9.17) is 10.5 Å². The topological polar surface area (TPSA) is 47.3 Å². The molecule has 3 rings (SSSR count). The second-order valence-electron chi connectivity index (χ2n) is 3.56. The zero-order valence-corrected chi connectivity index (χ0v) is 9.91. The quantitative estimate of drug-likeness (QED) is 0.613. The minimum absolute atomic E-state index is 0.683. The summed E-state index contributed by atoms with van der Waals surface area (Å²) in [7, 11) is 0. The van der Waals surface area contributed by atoms with E-state index in [1.165, 1.54) is 0 Å². The molecule has 3 nitrogen and oxygen atoms in total. The van der Waals surface area contributed by atoms with Crippen LogP contribution in [0.5, 0.6) is 11.5 Å². The molecule has 0 bridgehead atoms. The number of ether oxygens (including phenoxy) is 1. The van der Waals surface area contributed by atoms with Crippen molar-refractivity contribution >= 4 is 33.0 Å². The van der Waals surface area contributed by atoms with Crippen LogP contribution in [0.2, 0.25) is 0 Å². The molecular formula is C12H9BrN2O. The number of halogens is 1. The number of nitrogens with two attached hydrogens (primary N) is 1. The van der Waals surface area contributed by atoms with Gasteiger partial charge in [-0.3, -0.25) is 0 Å². The summed E-state index contributed by atoms with van der Waals surface area (Å²) in [5, 5.41) is 3.27. The van der Waals surface area contributed by atoms with Crippen molar-refractivity contribution in [1.29, 1.82) is 0 Å². The lowest BCUT2D eigenvalue weighted by Gasteiger charge is -2.23. The first kappa shape index (κ1) is 9.54. The summed E-state index contributed by atoms with van der Waals surface area (Å²) in [5.41, 5.74) is 8.31. The molecule has 0 aromatic heterocycles. The minimum atomic E-state index is 0.683. The Balaban J connectivity index is 2.17. The zero-order valence-electron chi connectivity index (χ0n) is 8.33. The summed E-state index contributed by atoms with van der Waals surface area (Å²) < 4.78 is 6.72. The van der Waals surface area contributed by atoms with Crippen LogP contribution in [-0.4, -0.2) is 0 Å². The summed E-state index contributed by atoms with van der Waals surface area (Å²) in [6, 6.07) is 11.5. The minimum Gasteiger partial charge on any atom is -0.452 e. The molecule has 0 aliphatic carbocycles. The zero-order chi connectivity index (χ0) is 11.1. The van der Waals surface area contributed by atoms with E-state index in [1.807, 2.05) is 36.4 Å². The van der Waals surface area contributed by atoms with Crippen LogP contribution < -0.4 is 15.8 Å². The fraction of sp³-hybridized carbons (Fsp3) is 0. The lowest BCUT2D eigenvalue weighted by molar-refractivity contribution is 0.478. The van der Waals surface area contributed by atoms with Crippen LogP contribution in [0.3, 0.4) is 0 Å². The van der Waals surface area contributed by atoms with E-state index in [2.05, 4.69) is 21.2 Å². The van der Waals surface area contributed by atoms with Crippen molar-refractivity contribution in [2.75, 3.05) is 11.1 Å². The maximum Gasteiger partial charge on any atom is 0.165 e. The van der Waals surface area contributed by atoms with E-state index in [0.717, 1.165) is 27.3 Å². The van der Waals surface area contributed by atoms with Crippen LogP contribution in [0.4, 0.5) is 17.1 Å². The highest BCUT2D eigenvalue weighted by Crippen LogP contribution is 2.47. The Morgan fingerprint density at radius 2 is 1.94 bits per heavy atom. The molecule has 1 aliphatic heterocycles. The Morgan fingerprint density at radius 1 is 1.12 bits per heavy atom. The van der Waals surface area contributed by atoms with Crippen molar-refractivity contribution in [2.45, 2.75) is 0 Å². The second kappa shape index (κ2) is 3.42. The first-order valence-corrected chi connectivity index (χ1v) is 5.67. The molecule has 2 aromatic carbocycles. The monoisotopic (exact) mass is 276 g/mol. The molecule has 3 N–H and O–H groups in total. The van der Waals surface area contributed by atoms with Crippen molar-refractivity contribution in [3.05, 3.63) is 40.9 Å². The average molecular weight is 277 g/mol. The first-order chi connectivity index (χ1) is 7.75. The Kier molecular flexibility index (Phi) is 2.04. The van der Waals surface area contributed by atoms with Crippen LogP contribution >= 0.6 is 15.9 Å². The molecule has 0 unspecified atom stereocenters.